The van der Waals surface area contributed by atoms with Gasteiger partial charge in [0.25, 0.3) is 0 Å². The molecule has 1 fully saturated rings. The van der Waals surface area contributed by atoms with Gasteiger partial charge in [-0.1, -0.05) is 41.5 Å². The predicted octanol–water partition coefficient (Wildman–Crippen LogP) is 3.06. The third-order valence-corrected chi connectivity index (χ3v) is 2.98. The summed E-state index contributed by atoms with van der Waals surface area (Å²) in [4.78, 5) is 0. The number of aliphatic hydroxyl groups is 1. The minimum absolute atomic E-state index is 0.201. The Morgan fingerprint density at radius 2 is 1.62 bits per heavy atom. The molecule has 1 saturated heterocycles. The molecule has 0 saturated carbocycles. The van der Waals surface area contributed by atoms with Crippen LogP contribution in [0.25, 0.3) is 0 Å². The molecular weight excluding hydrogens is 207 g/mol. The Morgan fingerprint density at radius 3 is 1.88 bits per heavy atom. The average Bonchev–Trinajstić information content (AvgIpc) is 2.40. The van der Waals surface area contributed by atoms with Crippen molar-refractivity contribution in [2.24, 2.45) is 10.8 Å². The van der Waals surface area contributed by atoms with Crippen LogP contribution in [0.1, 0.15) is 41.5 Å². The molecule has 1 heterocycles. The number of rotatable bonds is 0. The van der Waals surface area contributed by atoms with E-state index >= 15 is 0 Å². The summed E-state index contributed by atoms with van der Waals surface area (Å²) in [6.07, 6.45) is -1.03. The highest BCUT2D eigenvalue weighted by molar-refractivity contribution is 5.22. The summed E-state index contributed by atoms with van der Waals surface area (Å²) < 4.78 is 18.7. The Balaban J connectivity index is 3.03. The summed E-state index contributed by atoms with van der Waals surface area (Å²) >= 11 is 0. The van der Waals surface area contributed by atoms with Crippen molar-refractivity contribution in [2.75, 3.05) is 0 Å². The Kier molecular flexibility index (Phi) is 3.51. The van der Waals surface area contributed by atoms with E-state index in [2.05, 4.69) is 0 Å². The maximum Gasteiger partial charge on any atom is 0.107 e. The standard InChI is InChI=1S/C13H23FO2/c1-12(2,3)10-8(7-14)9(15)11(16-10)13(4,5)6/h7,9-11,15H,1-6H3/b8-7+. The Bertz CT molecular complexity index is 283. The van der Waals surface area contributed by atoms with Gasteiger partial charge in [-0.2, -0.15) is 0 Å². The molecule has 3 heteroatoms. The summed E-state index contributed by atoms with van der Waals surface area (Å²) in [6, 6.07) is 0. The zero-order valence-corrected chi connectivity index (χ0v) is 11.0. The van der Waals surface area contributed by atoms with Gasteiger partial charge >= 0.3 is 0 Å². The van der Waals surface area contributed by atoms with Crippen LogP contribution >= 0.6 is 0 Å². The minimum Gasteiger partial charge on any atom is -0.386 e. The van der Waals surface area contributed by atoms with Crippen molar-refractivity contribution in [2.45, 2.75) is 59.9 Å². The van der Waals surface area contributed by atoms with Crippen molar-refractivity contribution >= 4 is 0 Å². The van der Waals surface area contributed by atoms with Crippen LogP contribution in [-0.2, 0) is 4.74 Å². The molecule has 0 amide bonds. The zero-order valence-electron chi connectivity index (χ0n) is 11.0. The van der Waals surface area contributed by atoms with E-state index in [9.17, 15) is 9.50 Å². The van der Waals surface area contributed by atoms with E-state index in [0.717, 1.165) is 0 Å². The highest BCUT2D eigenvalue weighted by Gasteiger charge is 2.48. The molecule has 0 radical (unpaired) electrons. The lowest BCUT2D eigenvalue weighted by atomic mass is 9.81. The van der Waals surface area contributed by atoms with Crippen molar-refractivity contribution in [1.82, 2.24) is 0 Å². The van der Waals surface area contributed by atoms with Crippen LogP contribution in [0.4, 0.5) is 4.39 Å². The van der Waals surface area contributed by atoms with Crippen molar-refractivity contribution in [3.05, 3.63) is 11.9 Å². The normalized spacial score (nSPS) is 34.8. The van der Waals surface area contributed by atoms with Crippen LogP contribution in [0.3, 0.4) is 0 Å². The van der Waals surface area contributed by atoms with E-state index in [1.54, 1.807) is 0 Å². The number of halogens is 1. The molecular formula is C13H23FO2. The molecule has 0 spiro atoms. The van der Waals surface area contributed by atoms with Crippen molar-refractivity contribution in [3.8, 4) is 0 Å². The van der Waals surface area contributed by atoms with E-state index < -0.39 is 6.10 Å². The highest BCUT2D eigenvalue weighted by Crippen LogP contribution is 2.43. The number of hydrogen-bond acceptors (Lipinski definition) is 2. The van der Waals surface area contributed by atoms with Crippen molar-refractivity contribution in [1.29, 1.82) is 0 Å². The first-order valence-electron chi connectivity index (χ1n) is 5.72. The molecule has 1 N–H and O–H groups in total. The number of ether oxygens (including phenoxy) is 1. The number of hydrogen-bond donors (Lipinski definition) is 1. The molecule has 1 rings (SSSR count). The van der Waals surface area contributed by atoms with Crippen molar-refractivity contribution < 1.29 is 14.2 Å². The van der Waals surface area contributed by atoms with E-state index in [1.807, 2.05) is 41.5 Å². The van der Waals surface area contributed by atoms with Gasteiger partial charge in [-0.25, -0.2) is 4.39 Å². The molecule has 0 aromatic heterocycles. The van der Waals surface area contributed by atoms with Crippen LogP contribution in [0.5, 0.6) is 0 Å². The lowest BCUT2D eigenvalue weighted by molar-refractivity contribution is -0.0771. The summed E-state index contributed by atoms with van der Waals surface area (Å²) in [5.41, 5.74) is -0.0422. The Morgan fingerprint density at radius 1 is 1.12 bits per heavy atom. The first-order valence-corrected chi connectivity index (χ1v) is 5.72. The van der Waals surface area contributed by atoms with E-state index in [-0.39, 0.29) is 23.0 Å². The summed E-state index contributed by atoms with van der Waals surface area (Å²) in [5.74, 6) is 0. The predicted molar refractivity (Wildman–Crippen MR) is 62.8 cm³/mol. The summed E-state index contributed by atoms with van der Waals surface area (Å²) in [6.45, 7) is 11.9. The van der Waals surface area contributed by atoms with E-state index in [4.69, 9.17) is 4.74 Å². The summed E-state index contributed by atoms with van der Waals surface area (Å²) in [5, 5.41) is 10.1. The van der Waals surface area contributed by atoms with E-state index in [1.165, 1.54) is 0 Å². The van der Waals surface area contributed by atoms with Gasteiger partial charge in [-0.15, -0.1) is 0 Å². The lowest BCUT2D eigenvalue weighted by Crippen LogP contribution is -2.35. The molecule has 2 nitrogen and oxygen atoms in total. The third kappa shape index (κ3) is 2.46. The lowest BCUT2D eigenvalue weighted by Gasteiger charge is -2.31. The topological polar surface area (TPSA) is 29.5 Å². The second-order valence-electron chi connectivity index (χ2n) is 6.72. The Labute approximate surface area is 97.5 Å². The molecule has 0 aliphatic carbocycles. The van der Waals surface area contributed by atoms with Gasteiger partial charge in [-0.05, 0) is 10.8 Å². The van der Waals surface area contributed by atoms with Gasteiger partial charge in [-0.3, -0.25) is 0 Å². The molecule has 0 aromatic rings. The maximum absolute atomic E-state index is 12.9. The van der Waals surface area contributed by atoms with Gasteiger partial charge in [0.15, 0.2) is 0 Å². The monoisotopic (exact) mass is 230 g/mol. The SMILES string of the molecule is CC(C)(C)C1OC(C(C)(C)C)C(O)/C1=C\F. The quantitative estimate of drug-likeness (QED) is 0.693. The first-order chi connectivity index (χ1) is 7.09. The van der Waals surface area contributed by atoms with Gasteiger partial charge in [0.05, 0.1) is 18.5 Å². The fourth-order valence-electron chi connectivity index (χ4n) is 2.13. The largest absolute Gasteiger partial charge is 0.386 e. The van der Waals surface area contributed by atoms with Gasteiger partial charge < -0.3 is 9.84 Å². The fraction of sp³-hybridized carbons (Fsp3) is 0.846. The zero-order chi connectivity index (χ0) is 12.7. The second kappa shape index (κ2) is 4.11. The summed E-state index contributed by atoms with van der Waals surface area (Å²) in [7, 11) is 0. The van der Waals surface area contributed by atoms with Crippen molar-refractivity contribution in [3.63, 3.8) is 0 Å². The number of aliphatic hydroxyl groups excluding tert-OH is 1. The molecule has 1 aliphatic rings. The average molecular weight is 230 g/mol. The molecule has 16 heavy (non-hydrogen) atoms. The van der Waals surface area contributed by atoms with Crippen LogP contribution in [0.15, 0.2) is 11.9 Å². The van der Waals surface area contributed by atoms with Gasteiger partial charge in [0, 0.05) is 5.57 Å². The fourth-order valence-corrected chi connectivity index (χ4v) is 2.13. The molecule has 0 bridgehead atoms. The highest BCUT2D eigenvalue weighted by atomic mass is 19.1. The molecule has 0 aromatic carbocycles. The van der Waals surface area contributed by atoms with Crippen LogP contribution in [-0.4, -0.2) is 23.4 Å². The minimum atomic E-state index is -0.839. The Hall–Kier alpha value is -0.410. The third-order valence-electron chi connectivity index (χ3n) is 2.98. The van der Waals surface area contributed by atoms with Crippen LogP contribution < -0.4 is 0 Å². The smallest absolute Gasteiger partial charge is 0.107 e. The van der Waals surface area contributed by atoms with Gasteiger partial charge in [0.2, 0.25) is 0 Å². The van der Waals surface area contributed by atoms with Crippen LogP contribution in [0, 0.1) is 10.8 Å². The molecule has 3 atom stereocenters. The first kappa shape index (κ1) is 13.7. The maximum atomic E-state index is 12.9. The molecule has 1 aliphatic heterocycles. The molecule has 3 unspecified atom stereocenters. The second-order valence-corrected chi connectivity index (χ2v) is 6.72. The molecule has 94 valence electrons. The van der Waals surface area contributed by atoms with Crippen LogP contribution in [0.2, 0.25) is 0 Å². The van der Waals surface area contributed by atoms with Gasteiger partial charge in [0.1, 0.15) is 6.10 Å². The van der Waals surface area contributed by atoms with E-state index in [0.29, 0.717) is 11.9 Å².